The average Bonchev–Trinajstić information content (AvgIpc) is 3.18. The lowest BCUT2D eigenvalue weighted by molar-refractivity contribution is -0.385. The Kier molecular flexibility index (Phi) is 6.03. The van der Waals surface area contributed by atoms with Crippen molar-refractivity contribution >= 4 is 39.6 Å². The second kappa shape index (κ2) is 8.65. The molecule has 0 saturated heterocycles. The van der Waals surface area contributed by atoms with Gasteiger partial charge in [-0.05, 0) is 25.3 Å². The van der Waals surface area contributed by atoms with Crippen LogP contribution >= 0.6 is 23.1 Å². The number of nitro benzene ring substituents is 1. The van der Waals surface area contributed by atoms with Crippen molar-refractivity contribution in [1.82, 2.24) is 10.3 Å². The number of aryl methyl sites for hydroxylation is 1. The van der Waals surface area contributed by atoms with E-state index in [1.807, 2.05) is 48.2 Å². The molecule has 28 heavy (non-hydrogen) atoms. The molecule has 0 fully saturated rings. The van der Waals surface area contributed by atoms with E-state index >= 15 is 0 Å². The monoisotopic (exact) mass is 409 g/mol. The molecule has 1 N–H and O–H groups in total. The Bertz CT molecular complexity index is 1100. The molecule has 1 aromatic heterocycles. The molecular formula is C19H15N5O2S2. The SMILES string of the molecule is CSC(=Nc1cccc(-c2nc(-c3ccc(C)c([N+](=O)[O-])c3)cs2)c1)NC#N. The molecule has 1 heterocycles. The van der Waals surface area contributed by atoms with Gasteiger partial charge < -0.3 is 0 Å². The van der Waals surface area contributed by atoms with Gasteiger partial charge in [-0.2, -0.15) is 5.26 Å². The van der Waals surface area contributed by atoms with Crippen LogP contribution in [0.25, 0.3) is 21.8 Å². The summed E-state index contributed by atoms with van der Waals surface area (Å²) in [6.07, 6.45) is 3.70. The smallest absolute Gasteiger partial charge is 0.271 e. The van der Waals surface area contributed by atoms with Gasteiger partial charge in [0.25, 0.3) is 5.69 Å². The van der Waals surface area contributed by atoms with Crippen molar-refractivity contribution in [3.05, 3.63) is 63.5 Å². The van der Waals surface area contributed by atoms with E-state index in [0.717, 1.165) is 10.6 Å². The van der Waals surface area contributed by atoms with E-state index in [2.05, 4.69) is 15.3 Å². The predicted octanol–water partition coefficient (Wildman–Crippen LogP) is 5.11. The van der Waals surface area contributed by atoms with Crippen molar-refractivity contribution in [3.8, 4) is 28.0 Å². The fourth-order valence-corrected chi connectivity index (χ4v) is 3.67. The number of thiazole rings is 1. The third-order valence-corrected chi connectivity index (χ3v) is 5.36. The highest BCUT2D eigenvalue weighted by Crippen LogP contribution is 2.32. The van der Waals surface area contributed by atoms with Crippen molar-refractivity contribution in [2.24, 2.45) is 4.99 Å². The third-order valence-electron chi connectivity index (χ3n) is 3.89. The topological polar surface area (TPSA) is 104 Å². The number of benzene rings is 2. The van der Waals surface area contributed by atoms with Gasteiger partial charge >= 0.3 is 0 Å². The Labute approximate surface area is 169 Å². The third kappa shape index (κ3) is 4.36. The minimum atomic E-state index is -0.383. The van der Waals surface area contributed by atoms with E-state index in [-0.39, 0.29) is 10.6 Å². The van der Waals surface area contributed by atoms with Crippen LogP contribution < -0.4 is 5.32 Å². The second-order valence-corrected chi connectivity index (χ2v) is 7.36. The minimum Gasteiger partial charge on any atom is -0.271 e. The largest absolute Gasteiger partial charge is 0.272 e. The van der Waals surface area contributed by atoms with Gasteiger partial charge in [-0.1, -0.05) is 36.0 Å². The van der Waals surface area contributed by atoms with Crippen molar-refractivity contribution in [1.29, 1.82) is 5.26 Å². The molecule has 0 aliphatic rings. The number of nitrogens with zero attached hydrogens (tertiary/aromatic N) is 4. The van der Waals surface area contributed by atoms with Crippen molar-refractivity contribution in [2.75, 3.05) is 6.26 Å². The molecule has 0 aliphatic heterocycles. The first-order chi connectivity index (χ1) is 13.5. The number of hydrogen-bond acceptors (Lipinski definition) is 7. The fraction of sp³-hybridized carbons (Fsp3) is 0.105. The summed E-state index contributed by atoms with van der Waals surface area (Å²) in [6, 6.07) is 12.6. The molecule has 3 rings (SSSR count). The van der Waals surface area contributed by atoms with Crippen LogP contribution in [0.1, 0.15) is 5.56 Å². The van der Waals surface area contributed by atoms with E-state index in [0.29, 0.717) is 27.7 Å². The van der Waals surface area contributed by atoms with Gasteiger partial charge in [0.1, 0.15) is 5.01 Å². The van der Waals surface area contributed by atoms with Gasteiger partial charge in [0.15, 0.2) is 11.4 Å². The first-order valence-electron chi connectivity index (χ1n) is 8.11. The highest BCUT2D eigenvalue weighted by Gasteiger charge is 2.14. The standard InChI is InChI=1S/C19H15N5O2S2/c1-12-6-7-13(9-17(12)24(25)26)16-10-28-18(23-16)14-4-3-5-15(8-14)22-19(27-2)21-11-20/h3-10H,1-2H3,(H,21,22). The van der Waals surface area contributed by atoms with Crippen molar-refractivity contribution in [2.45, 2.75) is 6.92 Å². The molecule has 3 aromatic rings. The maximum Gasteiger partial charge on any atom is 0.272 e. The van der Waals surface area contributed by atoms with Crippen LogP contribution in [0, 0.1) is 28.5 Å². The van der Waals surface area contributed by atoms with Crippen LogP contribution in [-0.4, -0.2) is 21.3 Å². The summed E-state index contributed by atoms with van der Waals surface area (Å²) in [7, 11) is 0. The number of aromatic nitrogens is 1. The molecule has 7 nitrogen and oxygen atoms in total. The molecule has 140 valence electrons. The highest BCUT2D eigenvalue weighted by molar-refractivity contribution is 8.13. The molecule has 0 amide bonds. The van der Waals surface area contributed by atoms with Gasteiger partial charge in [-0.3, -0.25) is 15.4 Å². The average molecular weight is 409 g/mol. The number of hydrogen-bond donors (Lipinski definition) is 1. The van der Waals surface area contributed by atoms with Gasteiger partial charge in [0.05, 0.1) is 16.3 Å². The second-order valence-electron chi connectivity index (χ2n) is 5.70. The van der Waals surface area contributed by atoms with Crippen LogP contribution in [-0.2, 0) is 0 Å². The minimum absolute atomic E-state index is 0.0815. The highest BCUT2D eigenvalue weighted by atomic mass is 32.2. The lowest BCUT2D eigenvalue weighted by atomic mass is 10.1. The maximum atomic E-state index is 11.2. The zero-order chi connectivity index (χ0) is 20.1. The van der Waals surface area contributed by atoms with Crippen LogP contribution in [0.5, 0.6) is 0 Å². The van der Waals surface area contributed by atoms with Crippen LogP contribution in [0.4, 0.5) is 11.4 Å². The molecule has 9 heteroatoms. The Morgan fingerprint density at radius 2 is 2.14 bits per heavy atom. The van der Waals surface area contributed by atoms with Crippen LogP contribution in [0.15, 0.2) is 52.8 Å². The summed E-state index contributed by atoms with van der Waals surface area (Å²) >= 11 is 2.80. The van der Waals surface area contributed by atoms with E-state index in [4.69, 9.17) is 5.26 Å². The lowest BCUT2D eigenvalue weighted by Crippen LogP contribution is -2.12. The Morgan fingerprint density at radius 1 is 1.32 bits per heavy atom. The first-order valence-corrected chi connectivity index (χ1v) is 10.2. The van der Waals surface area contributed by atoms with E-state index in [1.165, 1.54) is 23.1 Å². The van der Waals surface area contributed by atoms with E-state index in [1.54, 1.807) is 19.1 Å². The Hall–Kier alpha value is -3.22. The lowest BCUT2D eigenvalue weighted by Gasteiger charge is -2.02. The summed E-state index contributed by atoms with van der Waals surface area (Å²) in [4.78, 5) is 19.8. The molecule has 0 atom stereocenters. The number of nitro groups is 1. The molecular weight excluding hydrogens is 394 g/mol. The number of rotatable bonds is 4. The van der Waals surface area contributed by atoms with Gasteiger partial charge in [-0.25, -0.2) is 9.98 Å². The predicted molar refractivity (Wildman–Crippen MR) is 114 cm³/mol. The summed E-state index contributed by atoms with van der Waals surface area (Å²) in [5.74, 6) is 0. The zero-order valence-corrected chi connectivity index (χ0v) is 16.7. The molecule has 0 saturated carbocycles. The molecule has 0 spiro atoms. The summed E-state index contributed by atoms with van der Waals surface area (Å²) in [5.41, 5.74) is 3.68. The molecule has 0 aliphatic carbocycles. The molecule has 2 aromatic carbocycles. The van der Waals surface area contributed by atoms with E-state index in [9.17, 15) is 10.1 Å². The van der Waals surface area contributed by atoms with Gasteiger partial charge in [0.2, 0.25) is 0 Å². The Balaban J connectivity index is 1.93. The first kappa shape index (κ1) is 19.5. The number of amidine groups is 1. The van der Waals surface area contributed by atoms with Crippen molar-refractivity contribution < 1.29 is 4.92 Å². The number of nitrogens with one attached hydrogen (secondary N) is 1. The number of thioether (sulfide) groups is 1. The summed E-state index contributed by atoms with van der Waals surface area (Å²) in [6.45, 7) is 1.71. The summed E-state index contributed by atoms with van der Waals surface area (Å²) in [5, 5.41) is 25.6. The number of aliphatic imine (C=N–C) groups is 1. The number of nitriles is 1. The Morgan fingerprint density at radius 3 is 2.86 bits per heavy atom. The fourth-order valence-electron chi connectivity index (χ4n) is 2.50. The van der Waals surface area contributed by atoms with Crippen LogP contribution in [0.3, 0.4) is 0 Å². The molecule has 0 radical (unpaired) electrons. The zero-order valence-electron chi connectivity index (χ0n) is 15.0. The van der Waals surface area contributed by atoms with Crippen LogP contribution in [0.2, 0.25) is 0 Å². The molecule has 0 unspecified atom stereocenters. The van der Waals surface area contributed by atoms with Crippen molar-refractivity contribution in [3.63, 3.8) is 0 Å². The van der Waals surface area contributed by atoms with Gasteiger partial charge in [0, 0.05) is 28.1 Å². The van der Waals surface area contributed by atoms with Gasteiger partial charge in [-0.15, -0.1) is 11.3 Å². The maximum absolute atomic E-state index is 11.2. The summed E-state index contributed by atoms with van der Waals surface area (Å²) < 4.78 is 0. The van der Waals surface area contributed by atoms with E-state index < -0.39 is 0 Å². The molecule has 0 bridgehead atoms. The quantitative estimate of drug-likeness (QED) is 0.160. The normalized spacial score (nSPS) is 11.1.